The maximum Gasteiger partial charge on any atom is 0.162 e. The summed E-state index contributed by atoms with van der Waals surface area (Å²) in [6.45, 7) is 5.57. The highest BCUT2D eigenvalue weighted by atomic mass is 16.6. The SMILES string of the molecule is COC1CC2C(=O)C(C)(CCC(=O)C(C)CO)CCC2(C)C2OC(O)C1C2OC. The average molecular weight is 413 g/mol. The monoisotopic (exact) mass is 412 g/mol. The highest BCUT2D eigenvalue weighted by Gasteiger charge is 2.64. The summed E-state index contributed by atoms with van der Waals surface area (Å²) in [5.74, 6) is -0.861. The van der Waals surface area contributed by atoms with E-state index >= 15 is 0 Å². The number of aliphatic hydroxyl groups excluding tert-OH is 2. The standard InChI is InChI=1S/C22H36O7/c1-12(11-23)14(24)6-7-21(2)8-9-22(3)13(18(21)25)10-15(27-4)16-17(28-5)19(22)29-20(16)26/h12-13,15-17,19-20,23,26H,6-11H2,1-5H3. The Morgan fingerprint density at radius 1 is 1.28 bits per heavy atom. The number of ketones is 2. The fourth-order valence-corrected chi connectivity index (χ4v) is 5.81. The van der Waals surface area contributed by atoms with Crippen LogP contribution in [0.5, 0.6) is 0 Å². The Morgan fingerprint density at radius 2 is 1.97 bits per heavy atom. The van der Waals surface area contributed by atoms with Crippen molar-refractivity contribution in [3.8, 4) is 0 Å². The van der Waals surface area contributed by atoms with Crippen LogP contribution in [0.3, 0.4) is 0 Å². The smallest absolute Gasteiger partial charge is 0.162 e. The number of hydrogen-bond donors (Lipinski definition) is 2. The Hall–Kier alpha value is -0.860. The summed E-state index contributed by atoms with van der Waals surface area (Å²) in [7, 11) is 3.21. The van der Waals surface area contributed by atoms with Gasteiger partial charge >= 0.3 is 0 Å². The normalized spacial score (nSPS) is 45.6. The number of carbonyl (C=O) groups is 2. The summed E-state index contributed by atoms with van der Waals surface area (Å²) < 4.78 is 17.4. The van der Waals surface area contributed by atoms with E-state index in [-0.39, 0.29) is 48.3 Å². The van der Waals surface area contributed by atoms with Crippen LogP contribution in [0.4, 0.5) is 0 Å². The first-order valence-electron chi connectivity index (χ1n) is 10.7. The van der Waals surface area contributed by atoms with Gasteiger partial charge in [-0.25, -0.2) is 0 Å². The van der Waals surface area contributed by atoms with Crippen LogP contribution in [0, 0.1) is 28.6 Å². The number of Topliss-reactive ketones (excluding diaryl/α,β-unsaturated/α-hetero) is 2. The third kappa shape index (κ3) is 3.69. The zero-order valence-electron chi connectivity index (χ0n) is 18.2. The van der Waals surface area contributed by atoms with E-state index in [1.165, 1.54) is 0 Å². The molecule has 0 aromatic heterocycles. The van der Waals surface area contributed by atoms with Gasteiger partial charge in [0.2, 0.25) is 0 Å². The van der Waals surface area contributed by atoms with Crippen LogP contribution in [0.1, 0.15) is 52.9 Å². The van der Waals surface area contributed by atoms with Gasteiger partial charge in [-0.05, 0) is 25.7 Å². The second kappa shape index (κ2) is 8.35. The molecule has 3 rings (SSSR count). The molecule has 0 aromatic carbocycles. The van der Waals surface area contributed by atoms with E-state index < -0.39 is 23.0 Å². The van der Waals surface area contributed by atoms with Gasteiger partial charge in [-0.15, -0.1) is 0 Å². The van der Waals surface area contributed by atoms with Gasteiger partial charge in [-0.2, -0.15) is 0 Å². The minimum atomic E-state index is -0.964. The summed E-state index contributed by atoms with van der Waals surface area (Å²) in [6, 6.07) is 0. The van der Waals surface area contributed by atoms with Gasteiger partial charge in [0.25, 0.3) is 0 Å². The molecular formula is C22H36O7. The second-order valence-corrected chi connectivity index (χ2v) is 9.77. The lowest BCUT2D eigenvalue weighted by Crippen LogP contribution is -2.54. The predicted octanol–water partition coefficient (Wildman–Crippen LogP) is 1.72. The number of rotatable bonds is 7. The quantitative estimate of drug-likeness (QED) is 0.656. The molecule has 0 amide bonds. The molecule has 9 unspecified atom stereocenters. The van der Waals surface area contributed by atoms with Crippen molar-refractivity contribution in [1.82, 2.24) is 0 Å². The molecule has 7 heteroatoms. The lowest BCUT2D eigenvalue weighted by molar-refractivity contribution is -0.192. The lowest BCUT2D eigenvalue weighted by Gasteiger charge is -2.50. The zero-order valence-corrected chi connectivity index (χ0v) is 18.2. The molecule has 2 bridgehead atoms. The fourth-order valence-electron chi connectivity index (χ4n) is 5.81. The Bertz CT molecular complexity index is 637. The van der Waals surface area contributed by atoms with Gasteiger partial charge in [-0.1, -0.05) is 20.8 Å². The van der Waals surface area contributed by atoms with Crippen molar-refractivity contribution in [1.29, 1.82) is 0 Å². The Morgan fingerprint density at radius 3 is 2.55 bits per heavy atom. The third-order valence-electron chi connectivity index (χ3n) is 8.08. The van der Waals surface area contributed by atoms with E-state index in [1.807, 2.05) is 6.92 Å². The number of aliphatic hydroxyl groups is 2. The number of carbonyl (C=O) groups excluding carboxylic acids is 2. The maximum absolute atomic E-state index is 13.7. The Labute approximate surface area is 173 Å². The van der Waals surface area contributed by atoms with E-state index in [4.69, 9.17) is 14.2 Å². The molecule has 1 heterocycles. The van der Waals surface area contributed by atoms with Crippen molar-refractivity contribution in [2.24, 2.45) is 28.6 Å². The van der Waals surface area contributed by atoms with Crippen LogP contribution in [0.15, 0.2) is 0 Å². The van der Waals surface area contributed by atoms with E-state index in [0.717, 1.165) is 6.42 Å². The Kier molecular flexibility index (Phi) is 6.57. The van der Waals surface area contributed by atoms with Gasteiger partial charge in [0.05, 0.1) is 30.8 Å². The van der Waals surface area contributed by atoms with Crippen LogP contribution in [0.2, 0.25) is 0 Å². The van der Waals surface area contributed by atoms with Gasteiger partial charge in [0.15, 0.2) is 6.29 Å². The van der Waals surface area contributed by atoms with Crippen molar-refractivity contribution < 1.29 is 34.0 Å². The van der Waals surface area contributed by atoms with E-state index in [2.05, 4.69) is 6.92 Å². The predicted molar refractivity (Wildman–Crippen MR) is 105 cm³/mol. The number of fused-ring (bicyclic) bond motifs is 4. The molecule has 3 fully saturated rings. The highest BCUT2D eigenvalue weighted by Crippen LogP contribution is 2.58. The molecule has 166 valence electrons. The van der Waals surface area contributed by atoms with E-state index in [0.29, 0.717) is 25.7 Å². The summed E-state index contributed by atoms with van der Waals surface area (Å²) in [5.41, 5.74) is -1.04. The van der Waals surface area contributed by atoms with E-state index in [1.54, 1.807) is 21.1 Å². The second-order valence-electron chi connectivity index (χ2n) is 9.77. The van der Waals surface area contributed by atoms with Crippen molar-refractivity contribution in [3.05, 3.63) is 0 Å². The highest BCUT2D eigenvalue weighted by molar-refractivity contribution is 5.89. The number of hydrogen-bond acceptors (Lipinski definition) is 7. The van der Waals surface area contributed by atoms with Crippen LogP contribution >= 0.6 is 0 Å². The molecule has 29 heavy (non-hydrogen) atoms. The van der Waals surface area contributed by atoms with Gasteiger partial charge < -0.3 is 24.4 Å². The van der Waals surface area contributed by atoms with E-state index in [9.17, 15) is 19.8 Å². The molecule has 2 aliphatic carbocycles. The maximum atomic E-state index is 13.7. The van der Waals surface area contributed by atoms with Gasteiger partial charge in [-0.3, -0.25) is 9.59 Å². The topological polar surface area (TPSA) is 102 Å². The fraction of sp³-hybridized carbons (Fsp3) is 0.909. The first-order chi connectivity index (χ1) is 13.6. The molecule has 0 spiro atoms. The summed E-state index contributed by atoms with van der Waals surface area (Å²) in [6.07, 6.45) is 0.717. The summed E-state index contributed by atoms with van der Waals surface area (Å²) in [4.78, 5) is 26.0. The van der Waals surface area contributed by atoms with Crippen molar-refractivity contribution in [2.75, 3.05) is 20.8 Å². The Balaban J connectivity index is 1.86. The minimum absolute atomic E-state index is 0.00421. The summed E-state index contributed by atoms with van der Waals surface area (Å²) in [5, 5.41) is 19.7. The molecule has 9 atom stereocenters. The average Bonchev–Trinajstić information content (AvgIpc) is 3.00. The molecule has 7 nitrogen and oxygen atoms in total. The third-order valence-corrected chi connectivity index (χ3v) is 8.08. The molecule has 2 N–H and O–H groups in total. The van der Waals surface area contributed by atoms with Crippen molar-refractivity contribution >= 4 is 11.6 Å². The first kappa shape index (κ1) is 22.8. The number of methoxy groups -OCH3 is 2. The minimum Gasteiger partial charge on any atom is -0.396 e. The van der Waals surface area contributed by atoms with Crippen molar-refractivity contribution in [3.63, 3.8) is 0 Å². The van der Waals surface area contributed by atoms with Crippen LogP contribution in [-0.2, 0) is 23.8 Å². The van der Waals surface area contributed by atoms with Gasteiger partial charge in [0.1, 0.15) is 11.6 Å². The van der Waals surface area contributed by atoms with Crippen LogP contribution < -0.4 is 0 Å². The molecule has 0 aromatic rings. The molecule has 0 radical (unpaired) electrons. The molecule has 1 aliphatic heterocycles. The zero-order chi connectivity index (χ0) is 21.6. The van der Waals surface area contributed by atoms with Crippen LogP contribution in [-0.4, -0.2) is 67.2 Å². The molecule has 2 saturated carbocycles. The van der Waals surface area contributed by atoms with Crippen molar-refractivity contribution in [2.45, 2.75) is 77.5 Å². The van der Waals surface area contributed by atoms with Crippen LogP contribution in [0.25, 0.3) is 0 Å². The molecule has 3 aliphatic rings. The number of ether oxygens (including phenoxy) is 3. The first-order valence-corrected chi connectivity index (χ1v) is 10.7. The molecule has 1 saturated heterocycles. The van der Waals surface area contributed by atoms with Gasteiger partial charge in [0, 0.05) is 43.3 Å². The lowest BCUT2D eigenvalue weighted by atomic mass is 9.54. The molecular weight excluding hydrogens is 376 g/mol. The largest absolute Gasteiger partial charge is 0.396 e. The summed E-state index contributed by atoms with van der Waals surface area (Å²) >= 11 is 0.